The summed E-state index contributed by atoms with van der Waals surface area (Å²) in [6.45, 7) is 2.22. The van der Waals surface area contributed by atoms with Crippen LogP contribution in [0.4, 0.5) is 5.95 Å². The van der Waals surface area contributed by atoms with E-state index in [1.807, 2.05) is 22.9 Å². The summed E-state index contributed by atoms with van der Waals surface area (Å²) in [5.41, 5.74) is 2.69. The number of ether oxygens (including phenoxy) is 2. The first-order valence-electron chi connectivity index (χ1n) is 11.0. The van der Waals surface area contributed by atoms with Crippen molar-refractivity contribution >= 4 is 23.5 Å². The van der Waals surface area contributed by atoms with Crippen LogP contribution in [0.5, 0.6) is 11.5 Å². The van der Waals surface area contributed by atoms with E-state index in [4.69, 9.17) is 19.6 Å². The van der Waals surface area contributed by atoms with Crippen LogP contribution in [0.2, 0.25) is 0 Å². The fourth-order valence-corrected chi connectivity index (χ4v) is 5.05. The summed E-state index contributed by atoms with van der Waals surface area (Å²) in [6, 6.07) is 5.47. The molecule has 0 spiro atoms. The summed E-state index contributed by atoms with van der Waals surface area (Å²) >= 11 is 1.68. The molecule has 4 rings (SSSR count). The number of anilines is 1. The van der Waals surface area contributed by atoms with Crippen LogP contribution in [0.15, 0.2) is 34.6 Å². The molecule has 0 unspecified atom stereocenters. The molecule has 1 aliphatic carbocycles. The second kappa shape index (κ2) is 9.77. The van der Waals surface area contributed by atoms with Gasteiger partial charge in [-0.3, -0.25) is 4.79 Å². The van der Waals surface area contributed by atoms with Crippen molar-refractivity contribution in [1.82, 2.24) is 14.8 Å². The molecule has 0 amide bonds. The number of Topliss-reactive ketones (excluding diaryl/α,β-unsaturated/α-hetero) is 1. The van der Waals surface area contributed by atoms with E-state index in [1.54, 1.807) is 26.0 Å². The van der Waals surface area contributed by atoms with Gasteiger partial charge in [-0.1, -0.05) is 44.0 Å². The first kappa shape index (κ1) is 21.7. The highest BCUT2D eigenvalue weighted by molar-refractivity contribution is 7.99. The monoisotopic (exact) mass is 442 g/mol. The number of nitrogens with one attached hydrogen (secondary N) is 1. The zero-order chi connectivity index (χ0) is 21.8. The minimum atomic E-state index is -0.319. The smallest absolute Gasteiger partial charge is 0.227 e. The predicted molar refractivity (Wildman–Crippen MR) is 122 cm³/mol. The third kappa shape index (κ3) is 4.44. The van der Waals surface area contributed by atoms with Crippen LogP contribution < -0.4 is 14.8 Å². The molecular weight excluding hydrogens is 412 g/mol. The van der Waals surface area contributed by atoms with E-state index >= 15 is 0 Å². The van der Waals surface area contributed by atoms with Crippen LogP contribution in [0.1, 0.15) is 63.5 Å². The van der Waals surface area contributed by atoms with Crippen molar-refractivity contribution in [3.8, 4) is 11.5 Å². The number of rotatable bonds is 9. The number of hydrogen-bond donors (Lipinski definition) is 1. The van der Waals surface area contributed by atoms with E-state index in [-0.39, 0.29) is 11.8 Å². The maximum atomic E-state index is 13.0. The molecular formula is C23H30N4O3S. The van der Waals surface area contributed by atoms with Crippen LogP contribution in [0.25, 0.3) is 0 Å². The average Bonchev–Trinajstić information content (AvgIpc) is 3.19. The normalized spacial score (nSPS) is 17.8. The number of thioether (sulfide) groups is 1. The molecule has 166 valence electrons. The lowest BCUT2D eigenvalue weighted by molar-refractivity contribution is -0.116. The molecule has 2 aliphatic rings. The number of carbonyl (C=O) groups excluding carboxylic acids is 1. The van der Waals surface area contributed by atoms with Crippen LogP contribution in [-0.4, -0.2) is 40.5 Å². The molecule has 1 aliphatic heterocycles. The first-order valence-corrected chi connectivity index (χ1v) is 12.0. The number of aromatic nitrogens is 3. The van der Waals surface area contributed by atoms with Gasteiger partial charge in [-0.15, -0.1) is 5.10 Å². The number of benzene rings is 1. The van der Waals surface area contributed by atoms with Gasteiger partial charge >= 0.3 is 0 Å². The molecule has 1 aromatic carbocycles. The summed E-state index contributed by atoms with van der Waals surface area (Å²) in [7, 11) is 3.24. The van der Waals surface area contributed by atoms with Crippen LogP contribution in [0.3, 0.4) is 0 Å². The number of carbonyl (C=O) groups is 1. The number of fused-ring (bicyclic) bond motifs is 1. The molecule has 0 saturated heterocycles. The van der Waals surface area contributed by atoms with Gasteiger partial charge in [0, 0.05) is 23.4 Å². The molecule has 8 heteroatoms. The quantitative estimate of drug-likeness (QED) is 0.433. The molecule has 1 atom stereocenters. The maximum Gasteiger partial charge on any atom is 0.227 e. The Balaban J connectivity index is 1.68. The van der Waals surface area contributed by atoms with Gasteiger partial charge < -0.3 is 14.8 Å². The van der Waals surface area contributed by atoms with Crippen molar-refractivity contribution in [2.75, 3.05) is 25.3 Å². The van der Waals surface area contributed by atoms with E-state index in [9.17, 15) is 4.79 Å². The molecule has 31 heavy (non-hydrogen) atoms. The van der Waals surface area contributed by atoms with Crippen LogP contribution >= 0.6 is 11.8 Å². The van der Waals surface area contributed by atoms with Gasteiger partial charge in [0.1, 0.15) is 6.04 Å². The zero-order valence-electron chi connectivity index (χ0n) is 18.4. The third-order valence-corrected chi connectivity index (χ3v) is 6.72. The maximum absolute atomic E-state index is 13.0. The van der Waals surface area contributed by atoms with E-state index in [1.165, 1.54) is 19.3 Å². The van der Waals surface area contributed by atoms with E-state index in [0.29, 0.717) is 23.9 Å². The molecule has 0 fully saturated rings. The summed E-state index contributed by atoms with van der Waals surface area (Å²) in [5, 5.41) is 8.93. The van der Waals surface area contributed by atoms with E-state index in [0.717, 1.165) is 47.0 Å². The Morgan fingerprint density at radius 3 is 2.77 bits per heavy atom. The number of allylic oxidation sites excluding steroid dienone is 2. The molecule has 2 aromatic rings. The molecule has 0 radical (unpaired) electrons. The zero-order valence-corrected chi connectivity index (χ0v) is 19.3. The van der Waals surface area contributed by atoms with Crippen LogP contribution in [-0.2, 0) is 4.79 Å². The third-order valence-electron chi connectivity index (χ3n) is 5.80. The summed E-state index contributed by atoms with van der Waals surface area (Å²) in [5.74, 6) is 3.16. The van der Waals surface area contributed by atoms with Crippen molar-refractivity contribution < 1.29 is 14.3 Å². The molecule has 7 nitrogen and oxygen atoms in total. The summed E-state index contributed by atoms with van der Waals surface area (Å²) in [6.07, 6.45) is 7.14. The standard InChI is InChI=1S/C23H30N4O3S/c1-4-5-6-7-13-31-23-25-22-24-16-9-8-10-17(28)20(16)21(27(22)26-23)15-11-12-18(29-2)19(14-15)30-3/h11-12,14,21H,4-10,13H2,1-3H3,(H,24,25,26)/t21-/m1/s1. The van der Waals surface area contributed by atoms with Gasteiger partial charge in [-0.25, -0.2) is 4.68 Å². The Morgan fingerprint density at radius 2 is 2.00 bits per heavy atom. The highest BCUT2D eigenvalue weighted by atomic mass is 32.2. The van der Waals surface area contributed by atoms with Gasteiger partial charge in [-0.05, 0) is 37.0 Å². The number of ketones is 1. The van der Waals surface area contributed by atoms with Crippen molar-refractivity contribution in [2.45, 2.75) is 63.1 Å². The van der Waals surface area contributed by atoms with Gasteiger partial charge in [0.2, 0.25) is 11.1 Å². The number of nitrogens with zero attached hydrogens (tertiary/aromatic N) is 3. The number of hydrogen-bond acceptors (Lipinski definition) is 7. The summed E-state index contributed by atoms with van der Waals surface area (Å²) in [4.78, 5) is 17.7. The molecule has 0 saturated carbocycles. The minimum absolute atomic E-state index is 0.170. The molecule has 1 N–H and O–H groups in total. The van der Waals surface area contributed by atoms with Crippen molar-refractivity contribution in [1.29, 1.82) is 0 Å². The summed E-state index contributed by atoms with van der Waals surface area (Å²) < 4.78 is 12.8. The lowest BCUT2D eigenvalue weighted by Gasteiger charge is -2.32. The van der Waals surface area contributed by atoms with Gasteiger partial charge in [-0.2, -0.15) is 4.98 Å². The molecule has 0 bridgehead atoms. The highest BCUT2D eigenvalue weighted by Gasteiger charge is 2.37. The fraction of sp³-hybridized carbons (Fsp3) is 0.522. The predicted octanol–water partition coefficient (Wildman–Crippen LogP) is 4.99. The highest BCUT2D eigenvalue weighted by Crippen LogP contribution is 2.42. The van der Waals surface area contributed by atoms with Gasteiger partial charge in [0.25, 0.3) is 0 Å². The Hall–Kier alpha value is -2.48. The lowest BCUT2D eigenvalue weighted by atomic mass is 9.85. The Kier molecular flexibility index (Phi) is 6.85. The number of methoxy groups -OCH3 is 2. The Bertz CT molecular complexity index is 985. The Morgan fingerprint density at radius 1 is 1.16 bits per heavy atom. The second-order valence-corrected chi connectivity index (χ2v) is 8.94. The van der Waals surface area contributed by atoms with E-state index < -0.39 is 0 Å². The number of unbranched alkanes of at least 4 members (excludes halogenated alkanes) is 3. The second-order valence-electron chi connectivity index (χ2n) is 7.88. The molecule has 1 aromatic heterocycles. The van der Waals surface area contributed by atoms with Crippen molar-refractivity contribution in [2.24, 2.45) is 0 Å². The first-order chi connectivity index (χ1) is 15.2. The Labute approximate surface area is 187 Å². The largest absolute Gasteiger partial charge is 0.493 e. The topological polar surface area (TPSA) is 78.3 Å². The van der Waals surface area contributed by atoms with Gasteiger partial charge in [0.15, 0.2) is 17.3 Å². The van der Waals surface area contributed by atoms with Crippen LogP contribution in [0, 0.1) is 0 Å². The van der Waals surface area contributed by atoms with E-state index in [2.05, 4.69) is 12.2 Å². The SMILES string of the molecule is CCCCCCSc1nc2n(n1)[C@H](c1ccc(OC)c(OC)c1)C1=C(CCCC1=O)N2. The van der Waals surface area contributed by atoms with Crippen molar-refractivity contribution in [3.05, 3.63) is 35.0 Å². The fourth-order valence-electron chi connectivity index (χ4n) is 4.22. The minimum Gasteiger partial charge on any atom is -0.493 e. The van der Waals surface area contributed by atoms with Gasteiger partial charge in [0.05, 0.1) is 14.2 Å². The molecule has 2 heterocycles. The lowest BCUT2D eigenvalue weighted by Crippen LogP contribution is -2.31. The van der Waals surface area contributed by atoms with Crippen molar-refractivity contribution in [3.63, 3.8) is 0 Å². The average molecular weight is 443 g/mol.